The molecule has 0 bridgehead atoms. The van der Waals surface area contributed by atoms with Gasteiger partial charge in [0.1, 0.15) is 86.0 Å². The number of fused-ring (bicyclic) bond motifs is 3. The van der Waals surface area contributed by atoms with Crippen LogP contribution in [0.4, 0.5) is 146 Å². The predicted molar refractivity (Wildman–Crippen MR) is 559 cm³/mol. The van der Waals surface area contributed by atoms with Crippen molar-refractivity contribution in [2.75, 3.05) is 76.3 Å². The quantitative estimate of drug-likeness (QED) is 0.00484. The number of nitrogens with zero attached hydrogens (tertiary/aromatic N) is 14. The zero-order valence-electron chi connectivity index (χ0n) is 83.2. The topological polar surface area (TPSA) is 247 Å². The number of hydrogen-bond acceptors (Lipinski definition) is 14. The number of nitro benzene ring substituents is 2. The van der Waals surface area contributed by atoms with Gasteiger partial charge in [-0.2, -0.15) is 0 Å². The normalized spacial score (nSPS) is 13.6. The van der Waals surface area contributed by atoms with Crippen molar-refractivity contribution in [3.05, 3.63) is 261 Å². The van der Waals surface area contributed by atoms with E-state index >= 15 is 0 Å². The van der Waals surface area contributed by atoms with Gasteiger partial charge in [0.05, 0.1) is 26.5 Å². The number of nitro groups is 2. The molecule has 3 aromatic heterocycles. The average Bonchev–Trinajstić information content (AvgIpc) is 1.73. The zero-order valence-corrected chi connectivity index (χ0v) is 92.0. The third kappa shape index (κ3) is 65.1. The van der Waals surface area contributed by atoms with Crippen LogP contribution in [-0.2, 0) is 54.2 Å². The number of phenolic OH excluding ortho intramolecular Hbond substituents is 4. The fourth-order valence-electron chi connectivity index (χ4n) is 13.2. The van der Waals surface area contributed by atoms with Crippen molar-refractivity contribution in [1.29, 1.82) is 0 Å². The Hall–Kier alpha value is -10.1. The van der Waals surface area contributed by atoms with Crippen LogP contribution in [0.5, 0.6) is 23.0 Å². The van der Waals surface area contributed by atoms with Crippen LogP contribution in [-0.4, -0.2) is 143 Å². The van der Waals surface area contributed by atoms with E-state index in [2.05, 4.69) is 293 Å². The molecule has 2 radical (unpaired) electrons. The Kier molecular flexibility index (Phi) is 54.8. The van der Waals surface area contributed by atoms with Crippen LogP contribution in [0.1, 0.15) is 149 Å². The molecule has 0 atom stereocenters. The van der Waals surface area contributed by atoms with E-state index in [-0.39, 0.29) is 113 Å². The number of benzene rings is 7. The van der Waals surface area contributed by atoms with E-state index in [9.17, 15) is 141 Å². The molecule has 4 N–H and O–H groups in total. The first-order chi connectivity index (χ1) is 65.7. The number of rotatable bonds is 30. The molecule has 0 saturated heterocycles. The molecule has 10 aromatic rings. The van der Waals surface area contributed by atoms with Crippen LogP contribution in [0, 0.1) is 47.9 Å². The first-order valence-electron chi connectivity index (χ1n) is 44.3. The number of para-hydroxylation sites is 1. The molecule has 3 heterocycles. The van der Waals surface area contributed by atoms with Gasteiger partial charge in [0.25, 0.3) is 11.4 Å². The van der Waals surface area contributed by atoms with Crippen molar-refractivity contribution in [3.8, 4) is 23.0 Å². The standard InChI is InChI=1S/C19H23N2.2C18H26BrN2.2C16H18N4O4.C5H6.CH4.2CH3.2Co.4F6P/c1-15-18(14-20(2)3)17-10-6-7-11-19(17)21(15)13-12-16-8-4-5-9-16;2*1-4-6-10-21(11-7-5-2)14-15-13-20(3)18-9-8-16(19)12-17(15)18;2*1-3-19(4-2)11-5-7-13(16(22)10-11)17-18-14-9-12(20(23)24)6-8-15(14)21;1-2-4-5-3-1;;;;;;4*1-7(2,3,4,5)6/h4-11,14,16H,12-13H2,1-3H3;2*8-9,12-14H,4-7,10-11H2,1-3H3;2*5-10,21-22H,3-4H2,1-2H3;1-4H,5H2;1H4;2*1H3;;;;;;/q3*+1;;;;;2*-1;;+2;4*-1. The van der Waals surface area contributed by atoms with Gasteiger partial charge in [0, 0.05) is 197 Å². The summed E-state index contributed by atoms with van der Waals surface area (Å²) in [6, 6.07) is 38.6. The Balaban J connectivity index is -0.00000165. The Morgan fingerprint density at radius 1 is 0.430 bits per heavy atom. The molecule has 2 aliphatic carbocycles. The van der Waals surface area contributed by atoms with Crippen LogP contribution in [0.2, 0.25) is 0 Å². The summed E-state index contributed by atoms with van der Waals surface area (Å²) >= 11 is 7.18. The molecule has 0 saturated carbocycles. The van der Waals surface area contributed by atoms with Crippen molar-refractivity contribution >= 4 is 160 Å². The minimum atomic E-state index is -10.7. The van der Waals surface area contributed by atoms with Gasteiger partial charge in [-0.25, -0.2) is 13.7 Å². The van der Waals surface area contributed by atoms with E-state index in [0.29, 0.717) is 5.92 Å². The molecule has 12 rings (SSSR count). The van der Waals surface area contributed by atoms with Gasteiger partial charge in [-0.05, 0) is 132 Å². The second-order valence-electron chi connectivity index (χ2n) is 32.3. The molecule has 0 spiro atoms. The number of aryl methyl sites for hydroxylation is 3. The molecular weight excluding hydrogens is 2320 g/mol. The van der Waals surface area contributed by atoms with E-state index in [1.807, 2.05) is 27.7 Å². The van der Waals surface area contributed by atoms with Crippen LogP contribution < -0.4 is 9.80 Å². The first-order valence-corrected chi connectivity index (χ1v) is 54.0. The van der Waals surface area contributed by atoms with Crippen molar-refractivity contribution < 1.29 is 178 Å². The Morgan fingerprint density at radius 3 is 1.04 bits per heavy atom. The maximum absolute atomic E-state index is 10.8. The van der Waals surface area contributed by atoms with Gasteiger partial charge in [0.2, 0.25) is 0 Å². The SMILES string of the molecule is C.C1=CCC=C1.CCCC[N+](=Cc1cn(C)c2ccc(Br)cc12)CCCC.CCCC[N+](=Cc1cn(C)c2ccc(Br)cc12)CCCC.CCN(CC)c1ccc(N=Nc2cc([N+](=O)[O-])ccc2O)c(O)c1.CCN(CC)c1ccc(N=Nc2cc([N+](=O)[O-])ccc2O)c(O)c1.Cc1c(C=[N+](C)C)c2ccccc2n1CCC1C=CC=C1.F[P-](F)(F)(F)(F)F.F[P-](F)(F)(F)(F)F.F[P-](F)(F)(F)(F)F.F[P-](F)(F)(F)(F)F.[CH3-].[CH3-].[Co+2].[Co]. The zero-order chi connectivity index (χ0) is 110. The molecule has 0 fully saturated rings. The van der Waals surface area contributed by atoms with Gasteiger partial charge in [-0.1, -0.05) is 159 Å². The molecule has 7 aromatic carbocycles. The molecular formula is C95H127Br2Co2F24N14O8P4-. The summed E-state index contributed by atoms with van der Waals surface area (Å²) in [5.74, 6) is 0.000170. The minimum absolute atomic E-state index is 0. The molecule has 149 heavy (non-hydrogen) atoms. The van der Waals surface area contributed by atoms with E-state index in [0.717, 1.165) is 104 Å². The molecule has 54 heteroatoms. The van der Waals surface area contributed by atoms with Crippen molar-refractivity contribution in [1.82, 2.24) is 13.7 Å². The summed E-state index contributed by atoms with van der Waals surface area (Å²) in [6.07, 6.45) is 41.0. The van der Waals surface area contributed by atoms with Crippen molar-refractivity contribution in [2.45, 2.75) is 140 Å². The fourth-order valence-corrected chi connectivity index (χ4v) is 13.9. The van der Waals surface area contributed by atoms with E-state index in [4.69, 9.17) is 0 Å². The summed E-state index contributed by atoms with van der Waals surface area (Å²) in [5, 5.41) is 80.4. The molecule has 0 amide bonds. The minimum Gasteiger partial charge on any atom is -0.358 e. The van der Waals surface area contributed by atoms with Crippen molar-refractivity contribution in [2.24, 2.45) is 40.5 Å². The molecule has 846 valence electrons. The van der Waals surface area contributed by atoms with Gasteiger partial charge < -0.3 is 58.8 Å². The van der Waals surface area contributed by atoms with Crippen LogP contribution in [0.3, 0.4) is 0 Å². The summed E-state index contributed by atoms with van der Waals surface area (Å²) in [5.41, 5.74) is 10.9. The maximum Gasteiger partial charge on any atom is 2.00 e. The van der Waals surface area contributed by atoms with Crippen LogP contribution in [0.15, 0.2) is 224 Å². The largest absolute Gasteiger partial charge is 2.00 e. The maximum atomic E-state index is 10.8. The molecule has 0 unspecified atom stereocenters. The Labute approximate surface area is 887 Å². The van der Waals surface area contributed by atoms with Gasteiger partial charge in [-0.15, -0.1) is 20.5 Å². The van der Waals surface area contributed by atoms with Crippen molar-refractivity contribution in [3.63, 3.8) is 0 Å². The average molecular weight is 2450 g/mol. The number of anilines is 2. The monoisotopic (exact) mass is 2450 g/mol. The Bertz CT molecular complexity index is 5870. The number of hydrogen-bond donors (Lipinski definition) is 4. The van der Waals surface area contributed by atoms with E-state index in [1.165, 1.54) is 131 Å². The van der Waals surface area contributed by atoms with Gasteiger partial charge in [-0.3, -0.25) is 20.2 Å². The first kappa shape index (κ1) is 143. The molecule has 22 nitrogen and oxygen atoms in total. The number of unbranched alkanes of at least 4 members (excludes halogenated alkanes) is 4. The number of aromatic nitrogens is 3. The summed E-state index contributed by atoms with van der Waals surface area (Å²) in [4.78, 5) is 24.5. The number of azo groups is 2. The fraction of sp³-hybridized carbons (Fsp3) is 0.358. The molecule has 0 aliphatic heterocycles. The smallest absolute Gasteiger partial charge is 0.358 e. The third-order valence-corrected chi connectivity index (χ3v) is 20.7. The van der Waals surface area contributed by atoms with E-state index < -0.39 is 41.1 Å². The summed E-state index contributed by atoms with van der Waals surface area (Å²) in [6.45, 7) is 28.2. The van der Waals surface area contributed by atoms with Crippen LogP contribution >= 0.6 is 63.1 Å². The number of halogens is 26. The number of allylic oxidation sites excluding steroid dienone is 8. The predicted octanol–water partition coefficient (Wildman–Crippen LogP) is 38.8. The third-order valence-electron chi connectivity index (χ3n) is 19.7. The van der Waals surface area contributed by atoms with Gasteiger partial charge in [0.15, 0.2) is 18.6 Å². The summed E-state index contributed by atoms with van der Waals surface area (Å²) < 4.78 is 253. The van der Waals surface area contributed by atoms with E-state index in [1.54, 1.807) is 36.4 Å². The van der Waals surface area contributed by atoms with Crippen LogP contribution in [0.25, 0.3) is 32.7 Å². The summed E-state index contributed by atoms with van der Waals surface area (Å²) in [7, 11) is -34.2. The number of phenols is 4. The van der Waals surface area contributed by atoms with Gasteiger partial charge >= 0.3 is 149 Å². The molecule has 2 aliphatic rings. The number of non-ortho nitro benzene ring substituents is 2. The Morgan fingerprint density at radius 2 is 0.752 bits per heavy atom. The number of aromatic hydroxyl groups is 4. The second kappa shape index (κ2) is 57.0. The second-order valence-corrected chi connectivity index (χ2v) is 41.8.